The van der Waals surface area contributed by atoms with Crippen molar-refractivity contribution in [3.8, 4) is 40.4 Å². The first-order valence-corrected chi connectivity index (χ1v) is 36.9. The average molecular weight is 1540 g/mol. The summed E-state index contributed by atoms with van der Waals surface area (Å²) < 4.78 is 113. The summed E-state index contributed by atoms with van der Waals surface area (Å²) in [4.78, 5) is 24.2. The smallest absolute Gasteiger partial charge is 0.339 e. The molecule has 3 N–H and O–H groups in total. The zero-order chi connectivity index (χ0) is 70.3. The SMILES string of the molecule is COc1cc(N)ccc1F.COc1cc2c(cc1F)C(O)=CC(=O)C2.COc1cc2nc(-n3ccc(C(C)C)n3)cc(Cl)c2cc1F.COc1cc2nc(-n3ccc(C(C)C)n3)cc(Cl)c2cc1F.COc1cc2nc(Cl)cc(Cl)c2cc1F.O=P(Cl)(Cl)Cl.O=P(Cl)(Cl)Cl. The molecule has 17 nitrogen and oxygen atoms in total. The van der Waals surface area contributed by atoms with Gasteiger partial charge in [0.15, 0.2) is 75.3 Å². The van der Waals surface area contributed by atoms with Gasteiger partial charge >= 0.3 is 10.4 Å². The molecule has 0 unspecified atom stereocenters. The highest BCUT2D eigenvalue weighted by atomic mass is 36.1. The van der Waals surface area contributed by atoms with Crippen molar-refractivity contribution in [2.24, 2.45) is 0 Å². The fourth-order valence-electron chi connectivity index (χ4n) is 8.04. The number of anilines is 1. The number of carbonyl (C=O) groups excluding carboxylic acids is 1. The number of nitrogens with zero attached hydrogens (tertiary/aromatic N) is 7. The molecule has 34 heteroatoms. The van der Waals surface area contributed by atoms with Crippen molar-refractivity contribution >= 4 is 174 Å². The summed E-state index contributed by atoms with van der Waals surface area (Å²) in [5.74, 6) is -0.276. The lowest BCUT2D eigenvalue weighted by Gasteiger charge is -2.14. The third-order valence-corrected chi connectivity index (χ3v) is 13.5. The standard InChI is InChI=1S/2C16H15ClFN3O.C11H9FO3.C10H6Cl2FNO.C7H8FNO.2Cl3OP/c2*1-9(2)13-4-5-21(20-13)16-7-11(17)10-6-12(18)15(22-3)8-14(10)19-16;1-15-11-3-6-2-7(13)4-10(14)8(6)5-9(11)12;1-15-9-4-8-5(2-7(9)13)6(11)3-10(12)14-8;1-10-7-4-5(9)2-3-6(7)8;2*1-5(2,3)4/h2*4-9H,1-3H3;3-5,14H,2H2,1H3;2-4H,1H3;2-4H,9H2,1H3;;. The molecule has 94 heavy (non-hydrogen) atoms. The summed E-state index contributed by atoms with van der Waals surface area (Å²) in [6, 6.07) is 24.0. The van der Waals surface area contributed by atoms with Crippen LogP contribution in [-0.4, -0.2) is 81.0 Å². The average Bonchev–Trinajstić information content (AvgIpc) is 1.47. The Morgan fingerprint density at radius 2 is 0.851 bits per heavy atom. The molecule has 0 saturated heterocycles. The number of methoxy groups -OCH3 is 5. The van der Waals surface area contributed by atoms with Crippen LogP contribution in [-0.2, 0) is 20.3 Å². The number of nitrogens with two attached hydrogens (primary N) is 1. The zero-order valence-corrected chi connectivity index (χ0v) is 59.7. The van der Waals surface area contributed by atoms with Crippen molar-refractivity contribution in [2.45, 2.75) is 46.0 Å². The number of rotatable bonds is 9. The van der Waals surface area contributed by atoms with Gasteiger partial charge in [-0.3, -0.25) is 13.9 Å². The van der Waals surface area contributed by atoms with Crippen molar-refractivity contribution in [3.05, 3.63) is 187 Å². The lowest BCUT2D eigenvalue weighted by molar-refractivity contribution is -0.114. The number of ether oxygens (including phenoxy) is 5. The van der Waals surface area contributed by atoms with Crippen LogP contribution in [0, 0.1) is 29.1 Å². The Labute approximate surface area is 584 Å². The Hall–Kier alpha value is -6.23. The zero-order valence-electron chi connectivity index (χ0n) is 50.3. The molecule has 0 amide bonds. The Bertz CT molecular complexity index is 4310. The number of allylic oxidation sites excluding steroid dienone is 1. The van der Waals surface area contributed by atoms with E-state index in [1.165, 1.54) is 108 Å². The minimum Gasteiger partial charge on any atom is -0.507 e. The second-order valence-corrected chi connectivity index (χ2v) is 34.4. The van der Waals surface area contributed by atoms with Gasteiger partial charge in [-0.05, 0) is 146 Å². The van der Waals surface area contributed by atoms with Gasteiger partial charge in [-0.2, -0.15) is 10.2 Å². The number of hydrogen-bond donors (Lipinski definition) is 2. The number of nitrogen functional groups attached to an aromatic ring is 1. The largest absolute Gasteiger partial charge is 0.507 e. The molecule has 5 aromatic carbocycles. The number of halogens is 15. The van der Waals surface area contributed by atoms with Crippen molar-refractivity contribution < 1.29 is 64.7 Å². The third kappa shape index (κ3) is 23.3. The van der Waals surface area contributed by atoms with E-state index in [9.17, 15) is 41.0 Å². The van der Waals surface area contributed by atoms with Gasteiger partial charge < -0.3 is 34.5 Å². The molecule has 5 heterocycles. The van der Waals surface area contributed by atoms with E-state index in [1.54, 1.807) is 21.5 Å². The predicted molar refractivity (Wildman–Crippen MR) is 367 cm³/mol. The van der Waals surface area contributed by atoms with Crippen molar-refractivity contribution in [2.75, 3.05) is 41.3 Å². The Balaban J connectivity index is 0.000000209. The third-order valence-electron chi connectivity index (χ3n) is 12.4. The van der Waals surface area contributed by atoms with Gasteiger partial charge in [0, 0.05) is 88.7 Å². The van der Waals surface area contributed by atoms with E-state index in [0.717, 1.165) is 17.5 Å². The molecule has 0 bridgehead atoms. The first kappa shape index (κ1) is 78.5. The van der Waals surface area contributed by atoms with Gasteiger partial charge in [0.1, 0.15) is 10.9 Å². The molecular formula is C60H53Cl10F5N8O9P2. The molecule has 0 spiro atoms. The summed E-state index contributed by atoms with van der Waals surface area (Å²) in [5.41, 5.74) is 10.3. The van der Waals surface area contributed by atoms with Gasteiger partial charge in [0.25, 0.3) is 0 Å². The van der Waals surface area contributed by atoms with Crippen molar-refractivity contribution in [1.29, 1.82) is 0 Å². The number of aliphatic hydroxyl groups is 1. The van der Waals surface area contributed by atoms with Crippen molar-refractivity contribution in [1.82, 2.24) is 34.5 Å². The van der Waals surface area contributed by atoms with Gasteiger partial charge in [0.05, 0.1) is 78.6 Å². The summed E-state index contributed by atoms with van der Waals surface area (Å²) in [5, 5.41) is 15.0. The number of benzene rings is 5. The highest BCUT2D eigenvalue weighted by Crippen LogP contribution is 2.62. The molecule has 5 aromatic heterocycles. The lowest BCUT2D eigenvalue weighted by atomic mass is 9.95. The number of carbonyl (C=O) groups is 1. The minimum absolute atomic E-state index is 0.0799. The molecule has 0 fully saturated rings. The highest BCUT2D eigenvalue weighted by molar-refractivity contribution is 8.25. The van der Waals surface area contributed by atoms with E-state index in [0.29, 0.717) is 88.1 Å². The van der Waals surface area contributed by atoms with Gasteiger partial charge in [-0.15, -0.1) is 0 Å². The van der Waals surface area contributed by atoms with E-state index >= 15 is 0 Å². The van der Waals surface area contributed by atoms with Crippen LogP contribution in [0.1, 0.15) is 62.0 Å². The van der Waals surface area contributed by atoms with Gasteiger partial charge in [-0.25, -0.2) is 46.3 Å². The Morgan fingerprint density at radius 3 is 1.21 bits per heavy atom. The van der Waals surface area contributed by atoms with E-state index < -0.39 is 39.5 Å². The molecule has 0 radical (unpaired) electrons. The van der Waals surface area contributed by atoms with Crippen LogP contribution in [0.25, 0.3) is 50.1 Å². The van der Waals surface area contributed by atoms with Crippen molar-refractivity contribution in [3.63, 3.8) is 0 Å². The molecule has 1 aliphatic rings. The molecule has 0 saturated carbocycles. The summed E-state index contributed by atoms with van der Waals surface area (Å²) >= 11 is 51.8. The number of fused-ring (bicyclic) bond motifs is 4. The Morgan fingerprint density at radius 1 is 0.500 bits per heavy atom. The topological polar surface area (TPSA) is 218 Å². The molecule has 10 aromatic rings. The van der Waals surface area contributed by atoms with Crippen LogP contribution in [0.5, 0.6) is 28.7 Å². The molecule has 11 rings (SSSR count). The van der Waals surface area contributed by atoms with E-state index in [2.05, 4.69) is 125 Å². The number of aromatic nitrogens is 7. The van der Waals surface area contributed by atoms with Crippen LogP contribution in [0.2, 0.25) is 20.2 Å². The predicted octanol–water partition coefficient (Wildman–Crippen LogP) is 21.3. The summed E-state index contributed by atoms with van der Waals surface area (Å²) in [6.45, 7) is 8.28. The van der Waals surface area contributed by atoms with Crippen LogP contribution < -0.4 is 29.4 Å². The maximum atomic E-state index is 13.8. The van der Waals surface area contributed by atoms with Crippen LogP contribution in [0.3, 0.4) is 0 Å². The van der Waals surface area contributed by atoms with Gasteiger partial charge in [-0.1, -0.05) is 74.1 Å². The first-order chi connectivity index (χ1) is 43.9. The first-order valence-electron chi connectivity index (χ1n) is 26.5. The van der Waals surface area contributed by atoms with Crippen LogP contribution >= 0.6 is 124 Å². The lowest BCUT2D eigenvalue weighted by Crippen LogP contribution is -2.10. The molecule has 0 atom stereocenters. The summed E-state index contributed by atoms with van der Waals surface area (Å²) in [6.07, 6.45) is 4.94. The second kappa shape index (κ2) is 35.1. The number of pyridine rings is 3. The normalized spacial score (nSPS) is 11.6. The summed E-state index contributed by atoms with van der Waals surface area (Å²) in [7, 11) is 6.97. The number of hydrogen-bond acceptors (Lipinski definition) is 15. The molecule has 0 aliphatic heterocycles. The van der Waals surface area contributed by atoms with E-state index in [-0.39, 0.29) is 51.9 Å². The molecular weight excluding hydrogens is 1490 g/mol. The monoisotopic (exact) mass is 1540 g/mol. The van der Waals surface area contributed by atoms with E-state index in [4.69, 9.17) is 71.1 Å². The fraction of sp³-hybridized carbons (Fsp3) is 0.200. The maximum Gasteiger partial charge on any atom is 0.339 e. The second-order valence-electron chi connectivity index (χ2n) is 19.6. The fourth-order valence-corrected chi connectivity index (χ4v) is 9.04. The van der Waals surface area contributed by atoms with E-state index in [1.807, 2.05) is 24.5 Å². The number of aliphatic hydroxyl groups excluding tert-OH is 1. The Kier molecular flexibility index (Phi) is 29.3. The van der Waals surface area contributed by atoms with Gasteiger partial charge in [0.2, 0.25) is 0 Å². The number of ketones is 1. The maximum absolute atomic E-state index is 13.8. The molecule has 1 aliphatic carbocycles. The molecule has 502 valence electrons. The quantitative estimate of drug-likeness (QED) is 0.0594. The highest BCUT2D eigenvalue weighted by Gasteiger charge is 2.21. The minimum atomic E-state index is -3.22. The van der Waals surface area contributed by atoms with Crippen LogP contribution in [0.4, 0.5) is 27.6 Å². The van der Waals surface area contributed by atoms with Crippen LogP contribution in [0.15, 0.2) is 116 Å².